The van der Waals surface area contributed by atoms with Crippen molar-refractivity contribution < 1.29 is 0 Å². The maximum Gasteiger partial charge on any atom is 0.0242 e. The molecule has 0 aromatic carbocycles. The molecular weight excluding hydrogens is 258 g/mol. The molecule has 0 spiro atoms. The highest BCUT2D eigenvalue weighted by Gasteiger charge is 2.25. The maximum absolute atomic E-state index is 3.86. The summed E-state index contributed by atoms with van der Waals surface area (Å²) in [5.41, 5.74) is 0. The van der Waals surface area contributed by atoms with E-state index < -0.39 is 0 Å². The van der Waals surface area contributed by atoms with E-state index in [1.807, 2.05) is 0 Å². The van der Waals surface area contributed by atoms with E-state index in [-0.39, 0.29) is 0 Å². The quantitative estimate of drug-likeness (QED) is 0.705. The Balaban J connectivity index is 2.41. The normalized spacial score (nSPS) is 21.1. The number of rotatable bonds is 9. The summed E-state index contributed by atoms with van der Waals surface area (Å²) in [6.07, 6.45) is 5.29. The fourth-order valence-electron chi connectivity index (χ4n) is 3.85. The molecule has 0 saturated carbocycles. The van der Waals surface area contributed by atoms with Gasteiger partial charge in [0.2, 0.25) is 0 Å². The fourth-order valence-corrected chi connectivity index (χ4v) is 3.85. The smallest absolute Gasteiger partial charge is 0.0242 e. The molecule has 1 fully saturated rings. The van der Waals surface area contributed by atoms with Crippen molar-refractivity contribution in [3.63, 3.8) is 0 Å². The van der Waals surface area contributed by atoms with Crippen LogP contribution in [0.1, 0.15) is 53.4 Å². The Hall–Kier alpha value is -0.120. The number of piperidine rings is 1. The Labute approximate surface area is 133 Å². The lowest BCUT2D eigenvalue weighted by atomic mass is 9.89. The summed E-state index contributed by atoms with van der Waals surface area (Å²) in [6.45, 7) is 14.3. The molecule has 21 heavy (non-hydrogen) atoms. The minimum atomic E-state index is 0.654. The zero-order valence-electron chi connectivity index (χ0n) is 15.4. The van der Waals surface area contributed by atoms with Crippen LogP contribution >= 0.6 is 0 Å². The molecule has 1 aliphatic rings. The van der Waals surface area contributed by atoms with Gasteiger partial charge in [-0.2, -0.15) is 0 Å². The number of likely N-dealkylation sites (tertiary alicyclic amines) is 1. The molecule has 1 saturated heterocycles. The van der Waals surface area contributed by atoms with Crippen molar-refractivity contribution in [1.29, 1.82) is 0 Å². The van der Waals surface area contributed by atoms with E-state index in [2.05, 4.69) is 56.9 Å². The molecule has 1 heterocycles. The van der Waals surface area contributed by atoms with E-state index in [1.165, 1.54) is 45.3 Å². The van der Waals surface area contributed by atoms with Crippen LogP contribution in [0.4, 0.5) is 0 Å². The van der Waals surface area contributed by atoms with Crippen LogP contribution in [0, 0.1) is 11.8 Å². The lowest BCUT2D eigenvalue weighted by molar-refractivity contribution is 0.152. The van der Waals surface area contributed by atoms with Gasteiger partial charge in [-0.15, -0.1) is 0 Å². The molecule has 126 valence electrons. The lowest BCUT2D eigenvalue weighted by Gasteiger charge is -2.37. The van der Waals surface area contributed by atoms with Crippen LogP contribution in [0.5, 0.6) is 0 Å². The van der Waals surface area contributed by atoms with E-state index in [0.29, 0.717) is 12.1 Å². The van der Waals surface area contributed by atoms with Crippen LogP contribution in [0.15, 0.2) is 0 Å². The third-order valence-electron chi connectivity index (χ3n) is 5.69. The monoisotopic (exact) mass is 297 g/mol. The van der Waals surface area contributed by atoms with Crippen molar-refractivity contribution >= 4 is 0 Å². The number of nitrogens with one attached hydrogen (secondary N) is 1. The first kappa shape index (κ1) is 18.9. The summed E-state index contributed by atoms with van der Waals surface area (Å²) in [4.78, 5) is 4.99. The third-order valence-corrected chi connectivity index (χ3v) is 5.69. The van der Waals surface area contributed by atoms with Crippen LogP contribution in [-0.2, 0) is 0 Å². The number of hydrogen-bond acceptors (Lipinski definition) is 3. The lowest BCUT2D eigenvalue weighted by Crippen LogP contribution is -2.48. The van der Waals surface area contributed by atoms with Crippen molar-refractivity contribution in [3.8, 4) is 0 Å². The first-order chi connectivity index (χ1) is 10.0. The van der Waals surface area contributed by atoms with Gasteiger partial charge in [-0.25, -0.2) is 0 Å². The molecular formula is C18H39N3. The molecule has 0 aliphatic carbocycles. The van der Waals surface area contributed by atoms with Crippen molar-refractivity contribution in [2.75, 3.05) is 40.3 Å². The van der Waals surface area contributed by atoms with Gasteiger partial charge in [0, 0.05) is 18.6 Å². The van der Waals surface area contributed by atoms with Gasteiger partial charge in [0.05, 0.1) is 0 Å². The SMILES string of the molecule is CCC(CC)C(CNC(C)C1CCN(CC)CC1)N(C)C. The van der Waals surface area contributed by atoms with Crippen LogP contribution in [0.25, 0.3) is 0 Å². The zero-order valence-corrected chi connectivity index (χ0v) is 15.4. The molecule has 3 nitrogen and oxygen atoms in total. The largest absolute Gasteiger partial charge is 0.312 e. The van der Waals surface area contributed by atoms with Gasteiger partial charge in [-0.1, -0.05) is 33.6 Å². The van der Waals surface area contributed by atoms with Gasteiger partial charge >= 0.3 is 0 Å². The van der Waals surface area contributed by atoms with Gasteiger partial charge in [0.1, 0.15) is 0 Å². The third kappa shape index (κ3) is 5.88. The molecule has 1 N–H and O–H groups in total. The number of hydrogen-bond donors (Lipinski definition) is 1. The minimum absolute atomic E-state index is 0.654. The summed E-state index contributed by atoms with van der Waals surface area (Å²) >= 11 is 0. The average molecular weight is 298 g/mol. The zero-order chi connectivity index (χ0) is 15.8. The van der Waals surface area contributed by atoms with E-state index in [9.17, 15) is 0 Å². The Bertz CT molecular complexity index is 255. The van der Waals surface area contributed by atoms with E-state index >= 15 is 0 Å². The standard InChI is InChI=1S/C18H39N3/c1-7-16(8-2)18(20(5)6)14-19-15(4)17-10-12-21(9-3)13-11-17/h15-19H,7-14H2,1-6H3. The molecule has 3 heteroatoms. The molecule has 0 aromatic heterocycles. The first-order valence-corrected chi connectivity index (χ1v) is 9.15. The van der Waals surface area contributed by atoms with Gasteiger partial charge in [-0.05, 0) is 65.3 Å². The van der Waals surface area contributed by atoms with Gasteiger partial charge in [-0.3, -0.25) is 0 Å². The Morgan fingerprint density at radius 1 is 1.10 bits per heavy atom. The van der Waals surface area contributed by atoms with Crippen LogP contribution in [0.3, 0.4) is 0 Å². The second kappa shape index (κ2) is 9.81. The summed E-state index contributed by atoms with van der Waals surface area (Å²) in [7, 11) is 4.46. The Morgan fingerprint density at radius 3 is 2.10 bits per heavy atom. The first-order valence-electron chi connectivity index (χ1n) is 9.15. The molecule has 0 aromatic rings. The molecule has 1 aliphatic heterocycles. The van der Waals surface area contributed by atoms with Gasteiger partial charge in [0.15, 0.2) is 0 Å². The molecule has 0 amide bonds. The van der Waals surface area contributed by atoms with Crippen molar-refractivity contribution in [3.05, 3.63) is 0 Å². The highest BCUT2D eigenvalue weighted by molar-refractivity contribution is 4.83. The minimum Gasteiger partial charge on any atom is -0.312 e. The maximum atomic E-state index is 3.86. The van der Waals surface area contributed by atoms with E-state index in [0.717, 1.165) is 18.4 Å². The molecule has 1 rings (SSSR count). The molecule has 2 atom stereocenters. The number of nitrogens with zero attached hydrogens (tertiary/aromatic N) is 2. The second-order valence-electron chi connectivity index (χ2n) is 7.08. The summed E-state index contributed by atoms with van der Waals surface area (Å²) in [6, 6.07) is 1.32. The summed E-state index contributed by atoms with van der Waals surface area (Å²) < 4.78 is 0. The predicted molar refractivity (Wildman–Crippen MR) is 93.8 cm³/mol. The fraction of sp³-hybridized carbons (Fsp3) is 1.00. The van der Waals surface area contributed by atoms with Crippen molar-refractivity contribution in [2.24, 2.45) is 11.8 Å². The number of likely N-dealkylation sites (N-methyl/N-ethyl adjacent to an activating group) is 1. The Kier molecular flexibility index (Phi) is 8.84. The van der Waals surface area contributed by atoms with Crippen molar-refractivity contribution in [2.45, 2.75) is 65.5 Å². The Morgan fingerprint density at radius 2 is 1.67 bits per heavy atom. The average Bonchev–Trinajstić information content (AvgIpc) is 2.50. The van der Waals surface area contributed by atoms with Crippen LogP contribution in [0.2, 0.25) is 0 Å². The summed E-state index contributed by atoms with van der Waals surface area (Å²) in [5, 5.41) is 3.86. The topological polar surface area (TPSA) is 18.5 Å². The highest BCUT2D eigenvalue weighted by atomic mass is 15.1. The van der Waals surface area contributed by atoms with Crippen LogP contribution in [-0.4, -0.2) is 62.2 Å². The van der Waals surface area contributed by atoms with Gasteiger partial charge in [0.25, 0.3) is 0 Å². The second-order valence-corrected chi connectivity index (χ2v) is 7.08. The van der Waals surface area contributed by atoms with E-state index in [1.54, 1.807) is 0 Å². The van der Waals surface area contributed by atoms with E-state index in [4.69, 9.17) is 0 Å². The molecule has 0 radical (unpaired) electrons. The summed E-state index contributed by atoms with van der Waals surface area (Å²) in [5.74, 6) is 1.67. The van der Waals surface area contributed by atoms with Gasteiger partial charge < -0.3 is 15.1 Å². The molecule has 0 bridgehead atoms. The van der Waals surface area contributed by atoms with Crippen LogP contribution < -0.4 is 5.32 Å². The predicted octanol–water partition coefficient (Wildman–Crippen LogP) is 3.06. The molecule has 2 unspecified atom stereocenters. The highest BCUT2D eigenvalue weighted by Crippen LogP contribution is 2.21. The van der Waals surface area contributed by atoms with Crippen molar-refractivity contribution in [1.82, 2.24) is 15.1 Å².